The summed E-state index contributed by atoms with van der Waals surface area (Å²) >= 11 is 9.28. The Bertz CT molecular complexity index is 845. The van der Waals surface area contributed by atoms with Crippen LogP contribution in [0.1, 0.15) is 11.1 Å². The van der Waals surface area contributed by atoms with Crippen molar-refractivity contribution in [3.8, 4) is 6.07 Å². The molecule has 0 amide bonds. The minimum Gasteiger partial charge on any atom is -0.279 e. The number of anilines is 1. The molecular weight excluding hydrogens is 376 g/mol. The Hall–Kier alpha value is -1.55. The molecule has 7 heteroatoms. The molecule has 1 N–H and O–H groups in total. The molecule has 0 aromatic heterocycles. The van der Waals surface area contributed by atoms with Crippen LogP contribution in [-0.4, -0.2) is 8.42 Å². The lowest BCUT2D eigenvalue weighted by molar-refractivity contribution is 0.601. The van der Waals surface area contributed by atoms with E-state index in [-0.39, 0.29) is 15.5 Å². The number of nitrogens with zero attached hydrogens (tertiary/aromatic N) is 1. The van der Waals surface area contributed by atoms with Crippen LogP contribution in [0, 0.1) is 18.3 Å². The Labute approximate surface area is 136 Å². The standard InChI is InChI=1S/C14H10BrClN2O2S/c1-9-11(15)3-2-4-13(9)18-21(19,20)14-7-10(8-17)5-6-12(14)16/h2-7,18H,1H3. The monoisotopic (exact) mass is 384 g/mol. The molecule has 2 rings (SSSR count). The number of halogens is 2. The fourth-order valence-corrected chi connectivity index (χ4v) is 3.71. The summed E-state index contributed by atoms with van der Waals surface area (Å²) in [7, 11) is -3.87. The van der Waals surface area contributed by atoms with Gasteiger partial charge < -0.3 is 0 Å². The summed E-state index contributed by atoms with van der Waals surface area (Å²) in [5.41, 5.74) is 1.43. The summed E-state index contributed by atoms with van der Waals surface area (Å²) in [6.07, 6.45) is 0. The summed E-state index contributed by atoms with van der Waals surface area (Å²) in [5.74, 6) is 0. The molecule has 2 aromatic rings. The van der Waals surface area contributed by atoms with Crippen molar-refractivity contribution in [1.29, 1.82) is 5.26 Å². The van der Waals surface area contributed by atoms with Gasteiger partial charge in [0.1, 0.15) is 4.90 Å². The van der Waals surface area contributed by atoms with Crippen LogP contribution in [0.25, 0.3) is 0 Å². The topological polar surface area (TPSA) is 70.0 Å². The molecule has 0 bridgehead atoms. The molecule has 0 saturated carbocycles. The van der Waals surface area contributed by atoms with E-state index in [0.29, 0.717) is 5.69 Å². The number of hydrogen-bond acceptors (Lipinski definition) is 3. The van der Waals surface area contributed by atoms with Gasteiger partial charge in [-0.3, -0.25) is 4.72 Å². The Kier molecular flexibility index (Phi) is 4.57. The van der Waals surface area contributed by atoms with Crippen molar-refractivity contribution < 1.29 is 8.42 Å². The third kappa shape index (κ3) is 3.38. The van der Waals surface area contributed by atoms with E-state index in [1.54, 1.807) is 19.1 Å². The Morgan fingerprint density at radius 1 is 1.29 bits per heavy atom. The van der Waals surface area contributed by atoms with E-state index in [1.165, 1.54) is 18.2 Å². The number of sulfonamides is 1. The smallest absolute Gasteiger partial charge is 0.263 e. The number of benzene rings is 2. The molecule has 0 aliphatic carbocycles. The molecule has 0 aliphatic heterocycles. The van der Waals surface area contributed by atoms with E-state index in [9.17, 15) is 8.42 Å². The number of nitriles is 1. The van der Waals surface area contributed by atoms with Gasteiger partial charge in [0.05, 0.1) is 22.3 Å². The second-order valence-electron chi connectivity index (χ2n) is 4.27. The number of hydrogen-bond donors (Lipinski definition) is 1. The van der Waals surface area contributed by atoms with Gasteiger partial charge in [0.2, 0.25) is 0 Å². The number of rotatable bonds is 3. The lowest BCUT2D eigenvalue weighted by Crippen LogP contribution is -2.14. The molecular formula is C14H10BrClN2O2S. The summed E-state index contributed by atoms with van der Waals surface area (Å²) < 4.78 is 28.1. The summed E-state index contributed by atoms with van der Waals surface area (Å²) in [4.78, 5) is -0.123. The highest BCUT2D eigenvalue weighted by Gasteiger charge is 2.20. The van der Waals surface area contributed by atoms with Gasteiger partial charge in [0.15, 0.2) is 0 Å². The van der Waals surface area contributed by atoms with Gasteiger partial charge in [-0.15, -0.1) is 0 Å². The average molecular weight is 386 g/mol. The van der Waals surface area contributed by atoms with Crippen molar-refractivity contribution in [2.45, 2.75) is 11.8 Å². The zero-order valence-electron chi connectivity index (χ0n) is 10.9. The van der Waals surface area contributed by atoms with Crippen LogP contribution in [0.2, 0.25) is 5.02 Å². The quantitative estimate of drug-likeness (QED) is 0.865. The van der Waals surface area contributed by atoms with E-state index >= 15 is 0 Å². The van der Waals surface area contributed by atoms with Gasteiger partial charge in [0.25, 0.3) is 10.0 Å². The maximum Gasteiger partial charge on any atom is 0.263 e. The molecule has 4 nitrogen and oxygen atoms in total. The van der Waals surface area contributed by atoms with E-state index < -0.39 is 10.0 Å². The molecule has 0 saturated heterocycles. The first-order valence-electron chi connectivity index (χ1n) is 5.83. The van der Waals surface area contributed by atoms with Gasteiger partial charge in [-0.1, -0.05) is 33.6 Å². The first-order valence-corrected chi connectivity index (χ1v) is 8.48. The van der Waals surface area contributed by atoms with Crippen LogP contribution in [0.3, 0.4) is 0 Å². The average Bonchev–Trinajstić information content (AvgIpc) is 2.44. The maximum absolute atomic E-state index is 12.4. The zero-order valence-corrected chi connectivity index (χ0v) is 14.1. The molecule has 108 valence electrons. The lowest BCUT2D eigenvalue weighted by atomic mass is 10.2. The van der Waals surface area contributed by atoms with Gasteiger partial charge in [-0.05, 0) is 42.8 Å². The van der Waals surface area contributed by atoms with E-state index in [4.69, 9.17) is 16.9 Å². The Morgan fingerprint density at radius 2 is 2.00 bits per heavy atom. The van der Waals surface area contributed by atoms with E-state index in [0.717, 1.165) is 10.0 Å². The molecule has 2 aromatic carbocycles. The third-order valence-electron chi connectivity index (χ3n) is 2.86. The molecule has 0 unspecified atom stereocenters. The van der Waals surface area contributed by atoms with Crippen molar-refractivity contribution in [1.82, 2.24) is 0 Å². The molecule has 0 fully saturated rings. The zero-order chi connectivity index (χ0) is 15.6. The van der Waals surface area contributed by atoms with Gasteiger partial charge in [0, 0.05) is 4.47 Å². The molecule has 0 aliphatic rings. The number of nitrogens with one attached hydrogen (secondary N) is 1. The van der Waals surface area contributed by atoms with Crippen molar-refractivity contribution >= 4 is 43.2 Å². The van der Waals surface area contributed by atoms with Crippen LogP contribution < -0.4 is 4.72 Å². The highest BCUT2D eigenvalue weighted by atomic mass is 79.9. The second kappa shape index (κ2) is 6.06. The van der Waals surface area contributed by atoms with Crippen LogP contribution in [0.5, 0.6) is 0 Å². The fourth-order valence-electron chi connectivity index (χ4n) is 1.70. The van der Waals surface area contributed by atoms with Crippen molar-refractivity contribution in [2.24, 2.45) is 0 Å². The van der Waals surface area contributed by atoms with E-state index in [1.807, 2.05) is 12.1 Å². The molecule has 0 radical (unpaired) electrons. The van der Waals surface area contributed by atoms with Crippen LogP contribution >= 0.6 is 27.5 Å². The van der Waals surface area contributed by atoms with Crippen LogP contribution in [0.4, 0.5) is 5.69 Å². The van der Waals surface area contributed by atoms with Gasteiger partial charge >= 0.3 is 0 Å². The third-order valence-corrected chi connectivity index (χ3v) is 5.57. The van der Waals surface area contributed by atoms with Crippen molar-refractivity contribution in [3.63, 3.8) is 0 Å². The highest BCUT2D eigenvalue weighted by Crippen LogP contribution is 2.28. The summed E-state index contributed by atoms with van der Waals surface area (Å²) in [6.45, 7) is 1.79. The minimum absolute atomic E-state index is 0.0640. The maximum atomic E-state index is 12.4. The van der Waals surface area contributed by atoms with Crippen LogP contribution in [-0.2, 0) is 10.0 Å². The summed E-state index contributed by atoms with van der Waals surface area (Å²) in [5, 5.41) is 8.94. The van der Waals surface area contributed by atoms with Crippen LogP contribution in [0.15, 0.2) is 45.8 Å². The van der Waals surface area contributed by atoms with Gasteiger partial charge in [-0.25, -0.2) is 8.42 Å². The predicted molar refractivity (Wildman–Crippen MR) is 85.9 cm³/mol. The normalized spacial score (nSPS) is 11.0. The minimum atomic E-state index is -3.87. The fraction of sp³-hybridized carbons (Fsp3) is 0.0714. The van der Waals surface area contributed by atoms with Crippen molar-refractivity contribution in [2.75, 3.05) is 4.72 Å². The molecule has 0 atom stereocenters. The molecule has 0 heterocycles. The lowest BCUT2D eigenvalue weighted by Gasteiger charge is -2.12. The SMILES string of the molecule is Cc1c(Br)cccc1NS(=O)(=O)c1cc(C#N)ccc1Cl. The second-order valence-corrected chi connectivity index (χ2v) is 7.19. The highest BCUT2D eigenvalue weighted by molar-refractivity contribution is 9.10. The predicted octanol–water partition coefficient (Wildman–Crippen LogP) is 4.08. The van der Waals surface area contributed by atoms with Crippen molar-refractivity contribution in [3.05, 3.63) is 57.0 Å². The molecule has 0 spiro atoms. The molecule has 21 heavy (non-hydrogen) atoms. The first kappa shape index (κ1) is 15.8. The Balaban J connectivity index is 2.49. The van der Waals surface area contributed by atoms with E-state index in [2.05, 4.69) is 20.7 Å². The van der Waals surface area contributed by atoms with Gasteiger partial charge in [-0.2, -0.15) is 5.26 Å². The Morgan fingerprint density at radius 3 is 2.67 bits per heavy atom. The first-order chi connectivity index (χ1) is 9.85. The summed E-state index contributed by atoms with van der Waals surface area (Å²) in [6, 6.07) is 11.2. The largest absolute Gasteiger partial charge is 0.279 e.